The van der Waals surface area contributed by atoms with Gasteiger partial charge in [0.2, 0.25) is 0 Å². The molecule has 1 spiro atoms. The van der Waals surface area contributed by atoms with Gasteiger partial charge in [-0.2, -0.15) is 11.8 Å². The van der Waals surface area contributed by atoms with Crippen molar-refractivity contribution < 1.29 is 9.47 Å². The molecule has 0 radical (unpaired) electrons. The van der Waals surface area contributed by atoms with Crippen molar-refractivity contribution in [2.75, 3.05) is 18.1 Å². The van der Waals surface area contributed by atoms with Crippen molar-refractivity contribution in [3.8, 4) is 5.75 Å². The van der Waals surface area contributed by atoms with Gasteiger partial charge in [-0.05, 0) is 49.0 Å². The summed E-state index contributed by atoms with van der Waals surface area (Å²) in [5.74, 6) is 3.46. The Morgan fingerprint density at radius 3 is 2.95 bits per heavy atom. The van der Waals surface area contributed by atoms with E-state index in [9.17, 15) is 0 Å². The normalized spacial score (nSPS) is 25.6. The molecule has 2 heterocycles. The van der Waals surface area contributed by atoms with Gasteiger partial charge in [0.15, 0.2) is 0 Å². The highest BCUT2D eigenvalue weighted by atomic mass is 79.9. The molecule has 0 aromatic heterocycles. The summed E-state index contributed by atoms with van der Waals surface area (Å²) in [6.07, 6.45) is 4.68. The molecule has 0 saturated carbocycles. The summed E-state index contributed by atoms with van der Waals surface area (Å²) in [4.78, 5) is 0. The zero-order chi connectivity index (χ0) is 14.0. The first-order valence-corrected chi connectivity index (χ1v) is 9.26. The molecule has 0 aliphatic carbocycles. The Balaban J connectivity index is 1.69. The summed E-state index contributed by atoms with van der Waals surface area (Å²) >= 11 is 5.57. The van der Waals surface area contributed by atoms with Crippen molar-refractivity contribution in [1.82, 2.24) is 0 Å². The first-order chi connectivity index (χ1) is 9.67. The second kappa shape index (κ2) is 6.29. The number of halogens is 1. The third kappa shape index (κ3) is 3.34. The van der Waals surface area contributed by atoms with Crippen LogP contribution >= 0.6 is 27.7 Å². The molecule has 2 nitrogen and oxygen atoms in total. The standard InChI is InChI=1S/C16H21BrO2S/c1-12-2-3-13(17)10-15(12)19-14-4-7-18-16(11-14)5-8-20-9-6-16/h2-3,10,14H,4-9,11H2,1H3. The van der Waals surface area contributed by atoms with Crippen molar-refractivity contribution in [1.29, 1.82) is 0 Å². The summed E-state index contributed by atoms with van der Waals surface area (Å²) in [6.45, 7) is 2.94. The zero-order valence-corrected chi connectivity index (χ0v) is 14.3. The third-order valence-electron chi connectivity index (χ3n) is 4.30. The molecule has 1 aromatic rings. The number of rotatable bonds is 2. The van der Waals surface area contributed by atoms with Gasteiger partial charge in [-0.25, -0.2) is 0 Å². The van der Waals surface area contributed by atoms with Gasteiger partial charge in [0, 0.05) is 17.3 Å². The molecular formula is C16H21BrO2S. The molecule has 110 valence electrons. The minimum Gasteiger partial charge on any atom is -0.490 e. The number of aryl methyl sites for hydroxylation is 1. The fourth-order valence-corrected chi connectivity index (χ4v) is 4.63. The fourth-order valence-electron chi connectivity index (χ4n) is 3.06. The van der Waals surface area contributed by atoms with Crippen LogP contribution in [0.4, 0.5) is 0 Å². The quantitative estimate of drug-likeness (QED) is 0.772. The molecule has 1 atom stereocenters. The summed E-state index contributed by atoms with van der Waals surface area (Å²) in [7, 11) is 0. The van der Waals surface area contributed by atoms with Crippen LogP contribution in [-0.2, 0) is 4.74 Å². The van der Waals surface area contributed by atoms with Crippen LogP contribution in [0.25, 0.3) is 0 Å². The highest BCUT2D eigenvalue weighted by Gasteiger charge is 2.39. The maximum atomic E-state index is 6.28. The second-order valence-electron chi connectivity index (χ2n) is 5.79. The maximum absolute atomic E-state index is 6.28. The molecule has 0 bridgehead atoms. The van der Waals surface area contributed by atoms with Gasteiger partial charge < -0.3 is 9.47 Å². The topological polar surface area (TPSA) is 18.5 Å². The maximum Gasteiger partial charge on any atom is 0.123 e. The fraction of sp³-hybridized carbons (Fsp3) is 0.625. The summed E-state index contributed by atoms with van der Waals surface area (Å²) in [6, 6.07) is 6.24. The van der Waals surface area contributed by atoms with Crippen LogP contribution in [0.15, 0.2) is 22.7 Å². The van der Waals surface area contributed by atoms with Gasteiger partial charge in [0.25, 0.3) is 0 Å². The molecule has 20 heavy (non-hydrogen) atoms. The number of hydrogen-bond donors (Lipinski definition) is 0. The van der Waals surface area contributed by atoms with E-state index in [2.05, 4.69) is 41.1 Å². The summed E-state index contributed by atoms with van der Waals surface area (Å²) in [5, 5.41) is 0. The molecule has 2 saturated heterocycles. The largest absolute Gasteiger partial charge is 0.490 e. The van der Waals surface area contributed by atoms with Crippen molar-refractivity contribution in [3.63, 3.8) is 0 Å². The van der Waals surface area contributed by atoms with Gasteiger partial charge in [0.1, 0.15) is 11.9 Å². The molecule has 2 aliphatic heterocycles. The Bertz CT molecular complexity index is 466. The van der Waals surface area contributed by atoms with Crippen LogP contribution in [0.5, 0.6) is 5.75 Å². The van der Waals surface area contributed by atoms with E-state index in [0.29, 0.717) is 6.10 Å². The summed E-state index contributed by atoms with van der Waals surface area (Å²) in [5.41, 5.74) is 1.29. The highest BCUT2D eigenvalue weighted by molar-refractivity contribution is 9.10. The van der Waals surface area contributed by atoms with E-state index in [4.69, 9.17) is 9.47 Å². The molecule has 3 rings (SSSR count). The minimum absolute atomic E-state index is 0.0914. The van der Waals surface area contributed by atoms with Crippen molar-refractivity contribution in [2.45, 2.75) is 44.3 Å². The van der Waals surface area contributed by atoms with Gasteiger partial charge in [-0.3, -0.25) is 0 Å². The Hall–Kier alpha value is -0.190. The van der Waals surface area contributed by atoms with Crippen molar-refractivity contribution >= 4 is 27.7 Å². The Morgan fingerprint density at radius 2 is 2.15 bits per heavy atom. The number of benzene rings is 1. The molecule has 2 fully saturated rings. The predicted molar refractivity (Wildman–Crippen MR) is 87.8 cm³/mol. The molecular weight excluding hydrogens is 336 g/mol. The average molecular weight is 357 g/mol. The van der Waals surface area contributed by atoms with Crippen molar-refractivity contribution in [2.24, 2.45) is 0 Å². The zero-order valence-electron chi connectivity index (χ0n) is 11.9. The predicted octanol–water partition coefficient (Wildman–Crippen LogP) is 4.58. The van der Waals surface area contributed by atoms with E-state index < -0.39 is 0 Å². The van der Waals surface area contributed by atoms with E-state index in [0.717, 1.165) is 29.7 Å². The van der Waals surface area contributed by atoms with Crippen LogP contribution in [0.2, 0.25) is 0 Å². The van der Waals surface area contributed by atoms with Crippen LogP contribution in [0.1, 0.15) is 31.2 Å². The van der Waals surface area contributed by atoms with Gasteiger partial charge >= 0.3 is 0 Å². The van der Waals surface area contributed by atoms with E-state index in [1.807, 2.05) is 11.8 Å². The summed E-state index contributed by atoms with van der Waals surface area (Å²) < 4.78 is 13.5. The number of hydrogen-bond acceptors (Lipinski definition) is 3. The molecule has 0 amide bonds. The van der Waals surface area contributed by atoms with Crippen molar-refractivity contribution in [3.05, 3.63) is 28.2 Å². The van der Waals surface area contributed by atoms with Gasteiger partial charge in [0.05, 0.1) is 12.2 Å². The number of ether oxygens (including phenoxy) is 2. The monoisotopic (exact) mass is 356 g/mol. The Kier molecular flexibility index (Phi) is 4.63. The third-order valence-corrected chi connectivity index (χ3v) is 5.77. The van der Waals surface area contributed by atoms with Gasteiger partial charge in [-0.1, -0.05) is 22.0 Å². The van der Waals surface area contributed by atoms with Crippen LogP contribution in [0, 0.1) is 6.92 Å². The van der Waals surface area contributed by atoms with Gasteiger partial charge in [-0.15, -0.1) is 0 Å². The van der Waals surface area contributed by atoms with Crippen LogP contribution < -0.4 is 4.74 Å². The molecule has 2 aliphatic rings. The molecule has 1 unspecified atom stereocenters. The lowest BCUT2D eigenvalue weighted by Gasteiger charge is -2.43. The highest BCUT2D eigenvalue weighted by Crippen LogP contribution is 2.39. The second-order valence-corrected chi connectivity index (χ2v) is 7.93. The molecule has 1 aromatic carbocycles. The smallest absolute Gasteiger partial charge is 0.123 e. The SMILES string of the molecule is Cc1ccc(Br)cc1OC1CCOC2(CCSCC2)C1. The first kappa shape index (κ1) is 14.7. The van der Waals surface area contributed by atoms with Crippen LogP contribution in [-0.4, -0.2) is 29.8 Å². The van der Waals surface area contributed by atoms with E-state index in [1.165, 1.54) is 29.9 Å². The first-order valence-electron chi connectivity index (χ1n) is 7.31. The molecule has 0 N–H and O–H groups in total. The minimum atomic E-state index is 0.0914. The van der Waals surface area contributed by atoms with E-state index in [-0.39, 0.29) is 5.60 Å². The number of thioether (sulfide) groups is 1. The lowest BCUT2D eigenvalue weighted by Crippen LogP contribution is -2.46. The molecule has 4 heteroatoms. The Labute approximate surface area is 133 Å². The van der Waals surface area contributed by atoms with Crippen LogP contribution in [0.3, 0.4) is 0 Å². The Morgan fingerprint density at radius 1 is 1.35 bits per heavy atom. The lowest BCUT2D eigenvalue weighted by atomic mass is 9.86. The lowest BCUT2D eigenvalue weighted by molar-refractivity contribution is -0.116. The van der Waals surface area contributed by atoms with E-state index >= 15 is 0 Å². The average Bonchev–Trinajstić information content (AvgIpc) is 2.44. The van der Waals surface area contributed by atoms with E-state index in [1.54, 1.807) is 0 Å².